The molecule has 3 rings (SSSR count). The molecule has 1 aromatic rings. The van der Waals surface area contributed by atoms with Gasteiger partial charge in [-0.15, -0.1) is 0 Å². The van der Waals surface area contributed by atoms with Crippen molar-refractivity contribution in [3.8, 4) is 0 Å². The van der Waals surface area contributed by atoms with E-state index in [1.54, 1.807) is 0 Å². The summed E-state index contributed by atoms with van der Waals surface area (Å²) in [7, 11) is 0. The van der Waals surface area contributed by atoms with Crippen molar-refractivity contribution in [3.05, 3.63) is 18.2 Å². The zero-order valence-electron chi connectivity index (χ0n) is 11.1. The quantitative estimate of drug-likeness (QED) is 0.887. The predicted octanol–water partition coefficient (Wildman–Crippen LogP) is 1.78. The van der Waals surface area contributed by atoms with E-state index in [-0.39, 0.29) is 0 Å². The Morgan fingerprint density at radius 2 is 2.22 bits per heavy atom. The van der Waals surface area contributed by atoms with Crippen molar-refractivity contribution >= 4 is 0 Å². The molecular formula is C14H23N3O. The van der Waals surface area contributed by atoms with Crippen LogP contribution in [-0.2, 0) is 11.3 Å². The van der Waals surface area contributed by atoms with Gasteiger partial charge in [0.05, 0.1) is 12.4 Å². The average Bonchev–Trinajstić information content (AvgIpc) is 3.01. The maximum Gasteiger partial charge on any atom is 0.0948 e. The third-order valence-electron chi connectivity index (χ3n) is 4.47. The van der Waals surface area contributed by atoms with Crippen LogP contribution in [0.5, 0.6) is 0 Å². The number of hydrogen-bond donors (Lipinski definition) is 1. The molecule has 0 amide bonds. The second-order valence-electron chi connectivity index (χ2n) is 5.62. The van der Waals surface area contributed by atoms with E-state index in [2.05, 4.69) is 28.0 Å². The van der Waals surface area contributed by atoms with Gasteiger partial charge in [-0.3, -0.25) is 0 Å². The van der Waals surface area contributed by atoms with Crippen LogP contribution in [0.3, 0.4) is 0 Å². The van der Waals surface area contributed by atoms with E-state index in [9.17, 15) is 0 Å². The van der Waals surface area contributed by atoms with Crippen LogP contribution in [0, 0.1) is 5.92 Å². The summed E-state index contributed by atoms with van der Waals surface area (Å²) < 4.78 is 8.02. The molecular weight excluding hydrogens is 226 g/mol. The first-order valence-corrected chi connectivity index (χ1v) is 7.17. The Morgan fingerprint density at radius 3 is 2.94 bits per heavy atom. The number of rotatable bonds is 3. The van der Waals surface area contributed by atoms with Gasteiger partial charge >= 0.3 is 0 Å². The highest BCUT2D eigenvalue weighted by Gasteiger charge is 2.26. The summed E-state index contributed by atoms with van der Waals surface area (Å²) in [5.74, 6) is 1.34. The Labute approximate surface area is 109 Å². The highest BCUT2D eigenvalue weighted by atomic mass is 16.5. The van der Waals surface area contributed by atoms with Crippen molar-refractivity contribution in [2.75, 3.05) is 19.7 Å². The summed E-state index contributed by atoms with van der Waals surface area (Å²) in [4.78, 5) is 4.37. The minimum absolute atomic E-state index is 0.397. The molecule has 0 aromatic carbocycles. The van der Waals surface area contributed by atoms with Gasteiger partial charge < -0.3 is 14.6 Å². The Morgan fingerprint density at radius 1 is 1.39 bits per heavy atom. The van der Waals surface area contributed by atoms with Crippen LogP contribution < -0.4 is 5.32 Å². The number of nitrogens with one attached hydrogen (secondary N) is 1. The standard InChI is InChI=1S/C14H23N3O/c1-11-13(4-7-18-11)9-17-10-16-8-14(17)12-2-5-15-6-3-12/h8,10-13,15H,2-7,9H2,1H3. The largest absolute Gasteiger partial charge is 0.378 e. The van der Waals surface area contributed by atoms with E-state index in [1.165, 1.54) is 25.0 Å². The van der Waals surface area contributed by atoms with E-state index in [4.69, 9.17) is 4.74 Å². The SMILES string of the molecule is CC1OCCC1Cn1cncc1C1CCNCC1. The monoisotopic (exact) mass is 249 g/mol. The van der Waals surface area contributed by atoms with Gasteiger partial charge in [-0.2, -0.15) is 0 Å². The summed E-state index contributed by atoms with van der Waals surface area (Å²) in [6.45, 7) is 6.46. The molecule has 100 valence electrons. The van der Waals surface area contributed by atoms with Crippen molar-refractivity contribution in [2.24, 2.45) is 5.92 Å². The van der Waals surface area contributed by atoms with Crippen molar-refractivity contribution in [2.45, 2.75) is 44.8 Å². The highest BCUT2D eigenvalue weighted by Crippen LogP contribution is 2.28. The second kappa shape index (κ2) is 5.41. The molecule has 1 aromatic heterocycles. The summed E-state index contributed by atoms with van der Waals surface area (Å²) in [6, 6.07) is 0. The Kier molecular flexibility index (Phi) is 3.66. The van der Waals surface area contributed by atoms with E-state index in [0.29, 0.717) is 17.9 Å². The van der Waals surface area contributed by atoms with Crippen LogP contribution in [0.15, 0.2) is 12.5 Å². The molecule has 1 N–H and O–H groups in total. The maximum atomic E-state index is 5.66. The first kappa shape index (κ1) is 12.2. The molecule has 0 radical (unpaired) electrons. The highest BCUT2D eigenvalue weighted by molar-refractivity contribution is 5.08. The molecule has 0 spiro atoms. The van der Waals surface area contributed by atoms with Gasteiger partial charge in [-0.1, -0.05) is 0 Å². The van der Waals surface area contributed by atoms with E-state index >= 15 is 0 Å². The average molecular weight is 249 g/mol. The fourth-order valence-electron chi connectivity index (χ4n) is 3.21. The minimum Gasteiger partial charge on any atom is -0.378 e. The number of imidazole rings is 1. The van der Waals surface area contributed by atoms with Gasteiger partial charge in [0.15, 0.2) is 0 Å². The Hall–Kier alpha value is -0.870. The van der Waals surface area contributed by atoms with Gasteiger partial charge in [0, 0.05) is 36.9 Å². The van der Waals surface area contributed by atoms with Crippen LogP contribution in [0.4, 0.5) is 0 Å². The molecule has 2 atom stereocenters. The summed E-state index contributed by atoms with van der Waals surface area (Å²) in [5, 5.41) is 3.43. The van der Waals surface area contributed by atoms with Gasteiger partial charge in [-0.25, -0.2) is 4.98 Å². The number of nitrogens with zero attached hydrogens (tertiary/aromatic N) is 2. The number of aromatic nitrogens is 2. The lowest BCUT2D eigenvalue weighted by molar-refractivity contribution is 0.101. The Balaban J connectivity index is 1.70. The molecule has 2 aliphatic rings. The molecule has 2 aliphatic heterocycles. The van der Waals surface area contributed by atoms with Crippen molar-refractivity contribution < 1.29 is 4.74 Å². The van der Waals surface area contributed by atoms with Crippen LogP contribution >= 0.6 is 0 Å². The molecule has 2 saturated heterocycles. The normalized spacial score (nSPS) is 29.8. The molecule has 18 heavy (non-hydrogen) atoms. The third kappa shape index (κ3) is 2.45. The molecule has 0 bridgehead atoms. The van der Waals surface area contributed by atoms with Gasteiger partial charge in [0.2, 0.25) is 0 Å². The molecule has 2 fully saturated rings. The number of hydrogen-bond acceptors (Lipinski definition) is 3. The molecule has 4 heteroatoms. The second-order valence-corrected chi connectivity index (χ2v) is 5.62. The number of ether oxygens (including phenoxy) is 1. The van der Waals surface area contributed by atoms with Gasteiger partial charge in [-0.05, 0) is 39.3 Å². The predicted molar refractivity (Wildman–Crippen MR) is 70.6 cm³/mol. The first-order valence-electron chi connectivity index (χ1n) is 7.17. The van der Waals surface area contributed by atoms with Gasteiger partial charge in [0.25, 0.3) is 0 Å². The third-order valence-corrected chi connectivity index (χ3v) is 4.47. The molecule has 4 nitrogen and oxygen atoms in total. The van der Waals surface area contributed by atoms with Crippen LogP contribution in [0.1, 0.15) is 37.8 Å². The zero-order chi connectivity index (χ0) is 12.4. The van der Waals surface area contributed by atoms with Crippen molar-refractivity contribution in [3.63, 3.8) is 0 Å². The topological polar surface area (TPSA) is 39.1 Å². The van der Waals surface area contributed by atoms with Crippen LogP contribution in [-0.4, -0.2) is 35.4 Å². The number of piperidine rings is 1. The van der Waals surface area contributed by atoms with Crippen LogP contribution in [0.2, 0.25) is 0 Å². The molecule has 0 aliphatic carbocycles. The molecule has 3 heterocycles. The lowest BCUT2D eigenvalue weighted by atomic mass is 9.94. The van der Waals surface area contributed by atoms with E-state index in [0.717, 1.165) is 26.2 Å². The summed E-state index contributed by atoms with van der Waals surface area (Å²) >= 11 is 0. The Bertz CT molecular complexity index is 384. The fraction of sp³-hybridized carbons (Fsp3) is 0.786. The lowest BCUT2D eigenvalue weighted by Crippen LogP contribution is -2.28. The van der Waals surface area contributed by atoms with E-state index in [1.807, 2.05) is 6.33 Å². The van der Waals surface area contributed by atoms with E-state index < -0.39 is 0 Å². The smallest absolute Gasteiger partial charge is 0.0948 e. The van der Waals surface area contributed by atoms with Crippen molar-refractivity contribution in [1.29, 1.82) is 0 Å². The molecule has 0 saturated carbocycles. The maximum absolute atomic E-state index is 5.66. The van der Waals surface area contributed by atoms with Crippen LogP contribution in [0.25, 0.3) is 0 Å². The lowest BCUT2D eigenvalue weighted by Gasteiger charge is -2.25. The van der Waals surface area contributed by atoms with Crippen molar-refractivity contribution in [1.82, 2.24) is 14.9 Å². The molecule has 2 unspecified atom stereocenters. The fourth-order valence-corrected chi connectivity index (χ4v) is 3.21. The van der Waals surface area contributed by atoms with Gasteiger partial charge in [0.1, 0.15) is 0 Å². The summed E-state index contributed by atoms with van der Waals surface area (Å²) in [5.41, 5.74) is 1.43. The first-order chi connectivity index (χ1) is 8.84. The summed E-state index contributed by atoms with van der Waals surface area (Å²) in [6.07, 6.45) is 8.13. The minimum atomic E-state index is 0.397. The zero-order valence-corrected chi connectivity index (χ0v) is 11.1.